The van der Waals surface area contributed by atoms with Crippen LogP contribution in [0.1, 0.15) is 24.6 Å². The highest BCUT2D eigenvalue weighted by molar-refractivity contribution is 7.17. The smallest absolute Gasteiger partial charge is 0.330 e. The number of carbonyl (C=O) groups excluding carboxylic acids is 1. The molecule has 1 aliphatic heterocycles. The number of rotatable bonds is 6. The van der Waals surface area contributed by atoms with Gasteiger partial charge in [-0.2, -0.15) is 0 Å². The van der Waals surface area contributed by atoms with Crippen LogP contribution < -0.4 is 16.6 Å². The van der Waals surface area contributed by atoms with Crippen molar-refractivity contribution in [3.63, 3.8) is 0 Å². The summed E-state index contributed by atoms with van der Waals surface area (Å²) in [5.41, 5.74) is -0.801. The molecular formula is C21H23N3O7S. The Morgan fingerprint density at radius 3 is 2.84 bits per heavy atom. The number of aliphatic hydroxyl groups excluding tert-OH is 2. The standard InChI is InChI=1S/C21H23N3O7S/c1-10(18(27)22-13-9-32-15-6-4-3-5-11(13)15)12-7-24(21(29)23-19(12)28)20-17(30-2)16(26)14(8-25)31-20/h3-7,9-10,14,16-17,20,25-26H,8H2,1-2H3,(H,22,27)(H,23,28,29)/t10?,14-,16+,17-,20-/m1/s1. The third kappa shape index (κ3) is 3.89. The van der Waals surface area contributed by atoms with Crippen molar-refractivity contribution in [1.82, 2.24) is 9.55 Å². The van der Waals surface area contributed by atoms with Crippen LogP contribution in [-0.4, -0.2) is 57.7 Å². The number of hydrogen-bond donors (Lipinski definition) is 4. The molecule has 0 radical (unpaired) electrons. The first kappa shape index (κ1) is 22.4. The molecule has 0 bridgehead atoms. The first-order chi connectivity index (χ1) is 15.3. The predicted molar refractivity (Wildman–Crippen MR) is 118 cm³/mol. The summed E-state index contributed by atoms with van der Waals surface area (Å²) in [6.45, 7) is 1.08. The monoisotopic (exact) mass is 461 g/mol. The molecule has 10 nitrogen and oxygen atoms in total. The van der Waals surface area contributed by atoms with Gasteiger partial charge in [0.2, 0.25) is 5.91 Å². The van der Waals surface area contributed by atoms with E-state index in [1.54, 1.807) is 6.92 Å². The van der Waals surface area contributed by atoms with Gasteiger partial charge in [0.05, 0.1) is 18.2 Å². The molecule has 4 N–H and O–H groups in total. The number of benzene rings is 1. The second kappa shape index (κ2) is 8.96. The fourth-order valence-corrected chi connectivity index (χ4v) is 4.70. The summed E-state index contributed by atoms with van der Waals surface area (Å²) in [6.07, 6.45) is -2.94. The summed E-state index contributed by atoms with van der Waals surface area (Å²) in [5.74, 6) is -1.32. The van der Waals surface area contributed by atoms with Crippen molar-refractivity contribution in [1.29, 1.82) is 0 Å². The lowest BCUT2D eigenvalue weighted by atomic mass is 10.0. The Kier molecular flexibility index (Phi) is 6.26. The first-order valence-electron chi connectivity index (χ1n) is 9.95. The summed E-state index contributed by atoms with van der Waals surface area (Å²) in [7, 11) is 1.34. The number of thiophene rings is 1. The molecule has 1 fully saturated rings. The average Bonchev–Trinajstić information content (AvgIpc) is 3.33. The summed E-state index contributed by atoms with van der Waals surface area (Å²) in [6, 6.07) is 7.62. The second-order valence-corrected chi connectivity index (χ2v) is 8.46. The van der Waals surface area contributed by atoms with E-state index < -0.39 is 54.2 Å². The van der Waals surface area contributed by atoms with Gasteiger partial charge in [-0.1, -0.05) is 18.2 Å². The van der Waals surface area contributed by atoms with Crippen LogP contribution in [0.15, 0.2) is 45.4 Å². The van der Waals surface area contributed by atoms with Crippen molar-refractivity contribution in [2.45, 2.75) is 37.4 Å². The summed E-state index contributed by atoms with van der Waals surface area (Å²) in [5, 5.41) is 25.2. The van der Waals surface area contributed by atoms with Gasteiger partial charge >= 0.3 is 5.69 Å². The van der Waals surface area contributed by atoms with E-state index in [0.29, 0.717) is 5.69 Å². The average molecular weight is 461 g/mol. The number of nitrogens with zero attached hydrogens (tertiary/aromatic N) is 1. The molecule has 3 aromatic rings. The van der Waals surface area contributed by atoms with E-state index >= 15 is 0 Å². The molecule has 1 unspecified atom stereocenters. The van der Waals surface area contributed by atoms with Crippen LogP contribution >= 0.6 is 11.3 Å². The number of fused-ring (bicyclic) bond motifs is 1. The second-order valence-electron chi connectivity index (χ2n) is 7.55. The van der Waals surface area contributed by atoms with Crippen molar-refractivity contribution in [2.75, 3.05) is 19.0 Å². The number of aliphatic hydroxyl groups is 2. The Morgan fingerprint density at radius 1 is 1.38 bits per heavy atom. The van der Waals surface area contributed by atoms with E-state index in [1.165, 1.54) is 24.6 Å². The third-order valence-electron chi connectivity index (χ3n) is 5.63. The van der Waals surface area contributed by atoms with Crippen molar-refractivity contribution in [2.24, 2.45) is 0 Å². The molecular weight excluding hydrogens is 438 g/mol. The zero-order valence-corrected chi connectivity index (χ0v) is 18.2. The molecule has 170 valence electrons. The van der Waals surface area contributed by atoms with Gasteiger partial charge < -0.3 is 25.0 Å². The summed E-state index contributed by atoms with van der Waals surface area (Å²) >= 11 is 1.49. The van der Waals surface area contributed by atoms with E-state index in [2.05, 4.69) is 10.3 Å². The van der Waals surface area contributed by atoms with Gasteiger partial charge in [0.15, 0.2) is 6.23 Å². The number of amides is 1. The van der Waals surface area contributed by atoms with E-state index in [4.69, 9.17) is 9.47 Å². The molecule has 1 aromatic carbocycles. The van der Waals surface area contributed by atoms with Gasteiger partial charge in [-0.15, -0.1) is 11.3 Å². The Morgan fingerprint density at radius 2 is 2.12 bits per heavy atom. The fourth-order valence-electron chi connectivity index (χ4n) is 3.80. The first-order valence-corrected chi connectivity index (χ1v) is 10.8. The van der Waals surface area contributed by atoms with Crippen molar-refractivity contribution >= 4 is 33.0 Å². The van der Waals surface area contributed by atoms with E-state index in [0.717, 1.165) is 14.7 Å². The number of aromatic amines is 1. The maximum Gasteiger partial charge on any atom is 0.330 e. The van der Waals surface area contributed by atoms with E-state index in [9.17, 15) is 24.6 Å². The van der Waals surface area contributed by atoms with Crippen LogP contribution in [0.2, 0.25) is 0 Å². The maximum absolute atomic E-state index is 12.9. The Balaban J connectivity index is 1.64. The van der Waals surface area contributed by atoms with Gasteiger partial charge in [0.25, 0.3) is 5.56 Å². The number of methoxy groups -OCH3 is 1. The number of hydrogen-bond acceptors (Lipinski definition) is 8. The molecule has 0 aliphatic carbocycles. The number of anilines is 1. The number of nitrogens with one attached hydrogen (secondary N) is 2. The quantitative estimate of drug-likeness (QED) is 0.424. The van der Waals surface area contributed by atoms with Crippen molar-refractivity contribution in [3.05, 3.63) is 62.2 Å². The molecule has 5 atom stereocenters. The topological polar surface area (TPSA) is 143 Å². The van der Waals surface area contributed by atoms with Crippen LogP contribution in [-0.2, 0) is 14.3 Å². The third-order valence-corrected chi connectivity index (χ3v) is 6.60. The highest BCUT2D eigenvalue weighted by Gasteiger charge is 2.45. The highest BCUT2D eigenvalue weighted by atomic mass is 32.1. The zero-order chi connectivity index (χ0) is 23.0. The number of aromatic nitrogens is 2. The van der Waals surface area contributed by atoms with Crippen LogP contribution in [0, 0.1) is 0 Å². The van der Waals surface area contributed by atoms with Gasteiger partial charge in [-0.05, 0) is 13.0 Å². The predicted octanol–water partition coefficient (Wildman–Crippen LogP) is 0.759. The minimum absolute atomic E-state index is 0.0435. The Labute approximate surface area is 186 Å². The lowest BCUT2D eigenvalue weighted by Gasteiger charge is -2.21. The van der Waals surface area contributed by atoms with Crippen LogP contribution in [0.25, 0.3) is 10.1 Å². The van der Waals surface area contributed by atoms with Gasteiger partial charge in [0.1, 0.15) is 18.3 Å². The molecule has 4 rings (SSSR count). The van der Waals surface area contributed by atoms with E-state index in [-0.39, 0.29) is 5.56 Å². The summed E-state index contributed by atoms with van der Waals surface area (Å²) in [4.78, 5) is 40.1. The molecule has 3 heterocycles. The van der Waals surface area contributed by atoms with Gasteiger partial charge in [-0.3, -0.25) is 19.1 Å². The van der Waals surface area contributed by atoms with E-state index in [1.807, 2.05) is 29.6 Å². The van der Waals surface area contributed by atoms with Crippen LogP contribution in [0.4, 0.5) is 5.69 Å². The minimum Gasteiger partial charge on any atom is -0.394 e. The zero-order valence-electron chi connectivity index (χ0n) is 17.3. The molecule has 0 spiro atoms. The van der Waals surface area contributed by atoms with Crippen LogP contribution in [0.3, 0.4) is 0 Å². The lowest BCUT2D eigenvalue weighted by molar-refractivity contribution is -0.117. The van der Waals surface area contributed by atoms with Crippen LogP contribution in [0.5, 0.6) is 0 Å². The van der Waals surface area contributed by atoms with Gasteiger partial charge in [-0.25, -0.2) is 4.79 Å². The molecule has 1 saturated heterocycles. The number of carbonyl (C=O) groups is 1. The van der Waals surface area contributed by atoms with Gasteiger partial charge in [0, 0.05) is 34.3 Å². The molecule has 11 heteroatoms. The fraction of sp³-hybridized carbons (Fsp3) is 0.381. The maximum atomic E-state index is 12.9. The molecule has 32 heavy (non-hydrogen) atoms. The number of H-pyrrole nitrogens is 1. The molecule has 1 amide bonds. The number of ether oxygens (including phenoxy) is 2. The summed E-state index contributed by atoms with van der Waals surface area (Å²) < 4.78 is 12.9. The Bertz CT molecular complexity index is 1250. The molecule has 0 saturated carbocycles. The molecule has 1 aliphatic rings. The lowest BCUT2D eigenvalue weighted by Crippen LogP contribution is -2.40. The normalized spacial score (nSPS) is 24.0. The SMILES string of the molecule is CO[C@@H]1[C@@H](O)[C@@H](CO)O[C@H]1n1cc(C(C)C(=O)Nc2csc3ccccc23)c(=O)[nH]c1=O. The van der Waals surface area contributed by atoms with Crippen molar-refractivity contribution in [3.8, 4) is 0 Å². The largest absolute Gasteiger partial charge is 0.394 e. The molecule has 2 aromatic heterocycles. The minimum atomic E-state index is -1.18. The Hall–Kier alpha value is -2.83. The van der Waals surface area contributed by atoms with Crippen molar-refractivity contribution < 1.29 is 24.5 Å². The highest BCUT2D eigenvalue weighted by Crippen LogP contribution is 2.32.